The summed E-state index contributed by atoms with van der Waals surface area (Å²) in [5.74, 6) is 1.13. The second kappa shape index (κ2) is 7.81. The predicted octanol–water partition coefficient (Wildman–Crippen LogP) is 3.57. The molecule has 0 aliphatic carbocycles. The Hall–Kier alpha value is -2.50. The highest BCUT2D eigenvalue weighted by Gasteiger charge is 2.26. The predicted molar refractivity (Wildman–Crippen MR) is 100 cm³/mol. The van der Waals surface area contributed by atoms with E-state index in [2.05, 4.69) is 56.7 Å². The standard InChI is InChI=1S/C21H24N4O/c1-17-21-23-13-20(16-26-15-19-7-9-22-10-8-19)25(21)12-11-24(17)14-18-5-3-2-4-6-18/h2-10,13,17H,11-12,14-16H2,1H3/t17-/m0/s1. The van der Waals surface area contributed by atoms with Crippen LogP contribution in [0.2, 0.25) is 0 Å². The lowest BCUT2D eigenvalue weighted by Crippen LogP contribution is -2.37. The molecular weight excluding hydrogens is 324 g/mol. The first-order valence-electron chi connectivity index (χ1n) is 9.10. The SMILES string of the molecule is C[C@H]1c2ncc(COCc3ccncc3)n2CCN1Cc1ccccc1. The van der Waals surface area contributed by atoms with Gasteiger partial charge in [0.25, 0.3) is 0 Å². The van der Waals surface area contributed by atoms with Crippen LogP contribution in [0.15, 0.2) is 61.1 Å². The molecule has 1 aromatic carbocycles. The number of rotatable bonds is 6. The quantitative estimate of drug-likeness (QED) is 0.683. The Labute approximate surface area is 154 Å². The molecule has 26 heavy (non-hydrogen) atoms. The Balaban J connectivity index is 1.39. The molecule has 1 aliphatic rings. The van der Waals surface area contributed by atoms with Crippen LogP contribution in [0.1, 0.15) is 35.6 Å². The summed E-state index contributed by atoms with van der Waals surface area (Å²) in [6, 6.07) is 14.9. The first-order valence-corrected chi connectivity index (χ1v) is 9.10. The Kier molecular flexibility index (Phi) is 5.09. The summed E-state index contributed by atoms with van der Waals surface area (Å²) >= 11 is 0. The number of pyridine rings is 1. The zero-order chi connectivity index (χ0) is 17.8. The van der Waals surface area contributed by atoms with E-state index in [9.17, 15) is 0 Å². The monoisotopic (exact) mass is 348 g/mol. The molecule has 0 saturated heterocycles. The molecule has 1 atom stereocenters. The lowest BCUT2D eigenvalue weighted by Gasteiger charge is -2.34. The number of nitrogens with zero attached hydrogens (tertiary/aromatic N) is 4. The summed E-state index contributed by atoms with van der Waals surface area (Å²) in [4.78, 5) is 11.2. The van der Waals surface area contributed by atoms with Gasteiger partial charge in [0, 0.05) is 32.0 Å². The molecule has 0 unspecified atom stereocenters. The maximum atomic E-state index is 5.89. The van der Waals surface area contributed by atoms with Crippen molar-refractivity contribution in [2.75, 3.05) is 6.54 Å². The van der Waals surface area contributed by atoms with E-state index < -0.39 is 0 Å². The van der Waals surface area contributed by atoms with E-state index in [0.29, 0.717) is 19.3 Å². The maximum Gasteiger partial charge on any atom is 0.126 e. The third-order valence-electron chi connectivity index (χ3n) is 5.00. The van der Waals surface area contributed by atoms with Gasteiger partial charge >= 0.3 is 0 Å². The molecule has 2 aromatic heterocycles. The van der Waals surface area contributed by atoms with Crippen molar-refractivity contribution in [2.45, 2.75) is 39.3 Å². The van der Waals surface area contributed by atoms with Crippen LogP contribution in [0, 0.1) is 0 Å². The van der Waals surface area contributed by atoms with Gasteiger partial charge in [0.15, 0.2) is 0 Å². The molecule has 5 heteroatoms. The summed E-state index contributed by atoms with van der Waals surface area (Å²) in [5.41, 5.74) is 3.64. The summed E-state index contributed by atoms with van der Waals surface area (Å²) in [5, 5.41) is 0. The normalized spacial score (nSPS) is 17.2. The number of hydrogen-bond acceptors (Lipinski definition) is 4. The van der Waals surface area contributed by atoms with Crippen LogP contribution >= 0.6 is 0 Å². The average Bonchev–Trinajstić information content (AvgIpc) is 3.10. The molecule has 0 amide bonds. The Bertz CT molecular complexity index is 832. The maximum absolute atomic E-state index is 5.89. The van der Waals surface area contributed by atoms with Crippen LogP contribution in [-0.2, 0) is 31.0 Å². The topological polar surface area (TPSA) is 43.2 Å². The van der Waals surface area contributed by atoms with Crippen molar-refractivity contribution in [2.24, 2.45) is 0 Å². The molecule has 0 radical (unpaired) electrons. The van der Waals surface area contributed by atoms with Crippen LogP contribution in [0.3, 0.4) is 0 Å². The molecule has 0 fully saturated rings. The highest BCUT2D eigenvalue weighted by molar-refractivity contribution is 5.16. The van der Waals surface area contributed by atoms with E-state index in [4.69, 9.17) is 4.74 Å². The van der Waals surface area contributed by atoms with Gasteiger partial charge in [0.2, 0.25) is 0 Å². The van der Waals surface area contributed by atoms with Crippen molar-refractivity contribution in [3.8, 4) is 0 Å². The molecule has 4 rings (SSSR count). The Morgan fingerprint density at radius 1 is 1.00 bits per heavy atom. The van der Waals surface area contributed by atoms with E-state index in [1.54, 1.807) is 12.4 Å². The number of aromatic nitrogens is 3. The van der Waals surface area contributed by atoms with Crippen molar-refractivity contribution in [1.82, 2.24) is 19.4 Å². The lowest BCUT2D eigenvalue weighted by atomic mass is 10.1. The van der Waals surface area contributed by atoms with E-state index >= 15 is 0 Å². The van der Waals surface area contributed by atoms with Crippen LogP contribution in [-0.4, -0.2) is 26.0 Å². The van der Waals surface area contributed by atoms with Gasteiger partial charge in [-0.05, 0) is 30.2 Å². The first-order chi connectivity index (χ1) is 12.8. The van der Waals surface area contributed by atoms with Gasteiger partial charge in [0.1, 0.15) is 5.82 Å². The Morgan fingerprint density at radius 2 is 1.81 bits per heavy atom. The number of hydrogen-bond donors (Lipinski definition) is 0. The zero-order valence-corrected chi connectivity index (χ0v) is 15.1. The van der Waals surface area contributed by atoms with Gasteiger partial charge in [-0.25, -0.2) is 4.98 Å². The largest absolute Gasteiger partial charge is 0.370 e. The van der Waals surface area contributed by atoms with Gasteiger partial charge < -0.3 is 9.30 Å². The third-order valence-corrected chi connectivity index (χ3v) is 5.00. The number of imidazole rings is 1. The molecule has 5 nitrogen and oxygen atoms in total. The average molecular weight is 348 g/mol. The molecule has 3 heterocycles. The number of fused-ring (bicyclic) bond motifs is 1. The number of benzene rings is 1. The summed E-state index contributed by atoms with van der Waals surface area (Å²) in [6.45, 7) is 6.36. The van der Waals surface area contributed by atoms with E-state index in [1.165, 1.54) is 5.56 Å². The smallest absolute Gasteiger partial charge is 0.126 e. The zero-order valence-electron chi connectivity index (χ0n) is 15.1. The van der Waals surface area contributed by atoms with E-state index in [1.807, 2.05) is 18.3 Å². The van der Waals surface area contributed by atoms with Crippen molar-refractivity contribution in [1.29, 1.82) is 0 Å². The molecule has 0 bridgehead atoms. The van der Waals surface area contributed by atoms with Gasteiger partial charge in [-0.1, -0.05) is 30.3 Å². The summed E-state index contributed by atoms with van der Waals surface area (Å²) in [6.07, 6.45) is 5.55. The van der Waals surface area contributed by atoms with E-state index in [-0.39, 0.29) is 0 Å². The van der Waals surface area contributed by atoms with Gasteiger partial charge in [0.05, 0.1) is 31.1 Å². The van der Waals surface area contributed by atoms with E-state index in [0.717, 1.165) is 36.7 Å². The molecular formula is C21H24N4O. The molecule has 0 spiro atoms. The highest BCUT2D eigenvalue weighted by atomic mass is 16.5. The van der Waals surface area contributed by atoms with Gasteiger partial charge in [-0.15, -0.1) is 0 Å². The first kappa shape index (κ1) is 16.9. The minimum atomic E-state index is 0.304. The van der Waals surface area contributed by atoms with Crippen molar-refractivity contribution < 1.29 is 4.74 Å². The minimum Gasteiger partial charge on any atom is -0.370 e. The third kappa shape index (κ3) is 3.69. The van der Waals surface area contributed by atoms with Crippen LogP contribution in [0.4, 0.5) is 0 Å². The second-order valence-electron chi connectivity index (χ2n) is 6.74. The van der Waals surface area contributed by atoms with Crippen LogP contribution < -0.4 is 0 Å². The summed E-state index contributed by atoms with van der Waals surface area (Å²) in [7, 11) is 0. The minimum absolute atomic E-state index is 0.304. The lowest BCUT2D eigenvalue weighted by molar-refractivity contribution is 0.0970. The molecule has 134 valence electrons. The van der Waals surface area contributed by atoms with Crippen molar-refractivity contribution in [3.63, 3.8) is 0 Å². The fraction of sp³-hybridized carbons (Fsp3) is 0.333. The van der Waals surface area contributed by atoms with Crippen molar-refractivity contribution >= 4 is 0 Å². The van der Waals surface area contributed by atoms with Gasteiger partial charge in [-0.3, -0.25) is 9.88 Å². The number of ether oxygens (including phenoxy) is 1. The molecule has 0 saturated carbocycles. The Morgan fingerprint density at radius 3 is 2.62 bits per heavy atom. The van der Waals surface area contributed by atoms with Crippen LogP contribution in [0.5, 0.6) is 0 Å². The van der Waals surface area contributed by atoms with Crippen molar-refractivity contribution in [3.05, 3.63) is 83.7 Å². The van der Waals surface area contributed by atoms with Crippen LogP contribution in [0.25, 0.3) is 0 Å². The van der Waals surface area contributed by atoms with Gasteiger partial charge in [-0.2, -0.15) is 0 Å². The second-order valence-corrected chi connectivity index (χ2v) is 6.74. The highest BCUT2D eigenvalue weighted by Crippen LogP contribution is 2.27. The fourth-order valence-corrected chi connectivity index (χ4v) is 3.51. The molecule has 0 N–H and O–H groups in total. The molecule has 1 aliphatic heterocycles. The molecule has 3 aromatic rings. The summed E-state index contributed by atoms with van der Waals surface area (Å²) < 4.78 is 8.20. The fourth-order valence-electron chi connectivity index (χ4n) is 3.51.